The van der Waals surface area contributed by atoms with Crippen LogP contribution < -0.4 is 0 Å². The predicted octanol–water partition coefficient (Wildman–Crippen LogP) is 1.27. The Bertz CT molecular complexity index is 174. The van der Waals surface area contributed by atoms with Gasteiger partial charge in [-0.05, 0) is 27.2 Å². The van der Waals surface area contributed by atoms with E-state index in [2.05, 4.69) is 0 Å². The number of ether oxygens (including phenoxy) is 1. The summed E-state index contributed by atoms with van der Waals surface area (Å²) in [7, 11) is 0. The van der Waals surface area contributed by atoms with Gasteiger partial charge in [0.2, 0.25) is 0 Å². The van der Waals surface area contributed by atoms with Gasteiger partial charge in [-0.1, -0.05) is 0 Å². The molecular formula is C8H14O3. The van der Waals surface area contributed by atoms with Crippen molar-refractivity contribution in [2.24, 2.45) is 5.92 Å². The molecule has 1 saturated heterocycles. The summed E-state index contributed by atoms with van der Waals surface area (Å²) in [6, 6.07) is 0. The molecule has 3 nitrogen and oxygen atoms in total. The van der Waals surface area contributed by atoms with Crippen molar-refractivity contribution in [3.8, 4) is 0 Å². The fourth-order valence-electron chi connectivity index (χ4n) is 1.62. The highest BCUT2D eigenvalue weighted by molar-refractivity contribution is 5.71. The maximum Gasteiger partial charge on any atom is 0.309 e. The normalized spacial score (nSPS) is 35.5. The summed E-state index contributed by atoms with van der Waals surface area (Å²) in [6.07, 6.45) is 0.464. The van der Waals surface area contributed by atoms with Gasteiger partial charge < -0.3 is 9.84 Å². The van der Waals surface area contributed by atoms with Gasteiger partial charge in [0.05, 0.1) is 17.6 Å². The second-order valence-corrected chi connectivity index (χ2v) is 3.73. The number of carbonyl (C=O) groups is 1. The van der Waals surface area contributed by atoms with Crippen molar-refractivity contribution in [1.29, 1.82) is 0 Å². The highest BCUT2D eigenvalue weighted by Gasteiger charge is 2.41. The maximum atomic E-state index is 10.6. The third-order valence-electron chi connectivity index (χ3n) is 2.10. The van der Waals surface area contributed by atoms with Gasteiger partial charge in [0, 0.05) is 0 Å². The molecule has 64 valence electrons. The first-order chi connectivity index (χ1) is 4.92. The molecule has 11 heavy (non-hydrogen) atoms. The third kappa shape index (κ3) is 1.71. The minimum atomic E-state index is -0.747. The highest BCUT2D eigenvalue weighted by Crippen LogP contribution is 2.34. The predicted molar refractivity (Wildman–Crippen MR) is 40.4 cm³/mol. The molecule has 1 aliphatic heterocycles. The molecule has 0 saturated carbocycles. The van der Waals surface area contributed by atoms with E-state index in [9.17, 15) is 4.79 Å². The molecule has 0 aliphatic carbocycles. The highest BCUT2D eigenvalue weighted by atomic mass is 16.5. The van der Waals surface area contributed by atoms with Gasteiger partial charge in [-0.3, -0.25) is 4.79 Å². The molecule has 2 atom stereocenters. The van der Waals surface area contributed by atoms with Crippen LogP contribution in [0.15, 0.2) is 0 Å². The third-order valence-corrected chi connectivity index (χ3v) is 2.10. The Kier molecular flexibility index (Phi) is 1.92. The lowest BCUT2D eigenvalue weighted by molar-refractivity contribution is -0.143. The standard InChI is InChI=1S/C8H14O3/c1-5-6(7(9)10)4-8(2,3)11-5/h5-6H,4H2,1-3H3,(H,9,10). The van der Waals surface area contributed by atoms with Crippen LogP contribution in [-0.2, 0) is 9.53 Å². The zero-order chi connectivity index (χ0) is 8.65. The summed E-state index contributed by atoms with van der Waals surface area (Å²) in [6.45, 7) is 5.66. The SMILES string of the molecule is CC1OC(C)(C)CC1C(=O)O. The molecular weight excluding hydrogens is 144 g/mol. The molecule has 1 N–H and O–H groups in total. The molecule has 0 aromatic carbocycles. The van der Waals surface area contributed by atoms with Crippen LogP contribution in [0.5, 0.6) is 0 Å². The van der Waals surface area contributed by atoms with Gasteiger partial charge in [0.15, 0.2) is 0 Å². The van der Waals surface area contributed by atoms with Crippen LogP contribution in [0.25, 0.3) is 0 Å². The molecule has 0 spiro atoms. The van der Waals surface area contributed by atoms with Crippen LogP contribution in [0.1, 0.15) is 27.2 Å². The molecule has 1 fully saturated rings. The van der Waals surface area contributed by atoms with E-state index in [1.807, 2.05) is 20.8 Å². The van der Waals surface area contributed by atoms with Gasteiger partial charge in [-0.2, -0.15) is 0 Å². The molecule has 2 unspecified atom stereocenters. The van der Waals surface area contributed by atoms with E-state index in [0.29, 0.717) is 6.42 Å². The zero-order valence-corrected chi connectivity index (χ0v) is 7.13. The Hall–Kier alpha value is -0.570. The second-order valence-electron chi connectivity index (χ2n) is 3.73. The summed E-state index contributed by atoms with van der Waals surface area (Å²) >= 11 is 0. The van der Waals surface area contributed by atoms with Gasteiger partial charge in [-0.25, -0.2) is 0 Å². The first-order valence-corrected chi connectivity index (χ1v) is 3.83. The van der Waals surface area contributed by atoms with Crippen LogP contribution in [0.2, 0.25) is 0 Å². The van der Waals surface area contributed by atoms with Gasteiger partial charge in [0.25, 0.3) is 0 Å². The molecule has 1 rings (SSSR count). The van der Waals surface area contributed by atoms with Crippen molar-refractivity contribution in [3.63, 3.8) is 0 Å². The summed E-state index contributed by atoms with van der Waals surface area (Å²) in [5.41, 5.74) is -0.261. The van der Waals surface area contributed by atoms with E-state index in [4.69, 9.17) is 9.84 Å². The lowest BCUT2D eigenvalue weighted by atomic mass is 9.95. The van der Waals surface area contributed by atoms with E-state index in [1.54, 1.807) is 0 Å². The monoisotopic (exact) mass is 158 g/mol. The number of rotatable bonds is 1. The van der Waals surface area contributed by atoms with Gasteiger partial charge in [-0.15, -0.1) is 0 Å². The Morgan fingerprint density at radius 1 is 1.64 bits per heavy atom. The summed E-state index contributed by atoms with van der Waals surface area (Å²) < 4.78 is 5.44. The number of carboxylic acid groups (broad SMARTS) is 1. The molecule has 0 bridgehead atoms. The van der Waals surface area contributed by atoms with E-state index in [0.717, 1.165) is 0 Å². The average Bonchev–Trinajstić information content (AvgIpc) is 2.05. The lowest BCUT2D eigenvalue weighted by Gasteiger charge is -2.16. The van der Waals surface area contributed by atoms with Gasteiger partial charge in [0.1, 0.15) is 0 Å². The molecule has 0 aromatic rings. The van der Waals surface area contributed by atoms with Crippen molar-refractivity contribution in [1.82, 2.24) is 0 Å². The Balaban J connectivity index is 2.66. The van der Waals surface area contributed by atoms with Gasteiger partial charge >= 0.3 is 5.97 Å². The van der Waals surface area contributed by atoms with Crippen molar-refractivity contribution in [3.05, 3.63) is 0 Å². The Morgan fingerprint density at radius 2 is 2.18 bits per heavy atom. The van der Waals surface area contributed by atoms with Crippen LogP contribution in [0.3, 0.4) is 0 Å². The van der Waals surface area contributed by atoms with Crippen molar-refractivity contribution in [2.75, 3.05) is 0 Å². The minimum Gasteiger partial charge on any atom is -0.481 e. The lowest BCUT2D eigenvalue weighted by Crippen LogP contribution is -2.20. The minimum absolute atomic E-state index is 0.150. The summed E-state index contributed by atoms with van der Waals surface area (Å²) in [5.74, 6) is -1.08. The Morgan fingerprint density at radius 3 is 2.36 bits per heavy atom. The van der Waals surface area contributed by atoms with Crippen LogP contribution in [0, 0.1) is 5.92 Å². The fraction of sp³-hybridized carbons (Fsp3) is 0.875. The summed E-state index contributed by atoms with van der Waals surface area (Å²) in [4.78, 5) is 10.6. The smallest absolute Gasteiger partial charge is 0.309 e. The van der Waals surface area contributed by atoms with Crippen LogP contribution in [-0.4, -0.2) is 22.8 Å². The van der Waals surface area contributed by atoms with E-state index >= 15 is 0 Å². The molecule has 3 heteroatoms. The van der Waals surface area contributed by atoms with Crippen molar-refractivity contribution in [2.45, 2.75) is 38.9 Å². The largest absolute Gasteiger partial charge is 0.481 e. The average molecular weight is 158 g/mol. The first kappa shape index (κ1) is 8.53. The van der Waals surface area contributed by atoms with Crippen LogP contribution in [0.4, 0.5) is 0 Å². The molecule has 0 radical (unpaired) electrons. The number of carboxylic acids is 1. The van der Waals surface area contributed by atoms with Crippen LogP contribution >= 0.6 is 0 Å². The molecule has 1 aliphatic rings. The zero-order valence-electron chi connectivity index (χ0n) is 7.13. The quantitative estimate of drug-likeness (QED) is 0.625. The number of hydrogen-bond acceptors (Lipinski definition) is 2. The first-order valence-electron chi connectivity index (χ1n) is 3.83. The topological polar surface area (TPSA) is 46.5 Å². The fourth-order valence-corrected chi connectivity index (χ4v) is 1.62. The summed E-state index contributed by atoms with van der Waals surface area (Å²) in [5, 5.41) is 8.74. The van der Waals surface area contributed by atoms with E-state index in [-0.39, 0.29) is 17.6 Å². The van der Waals surface area contributed by atoms with E-state index in [1.165, 1.54) is 0 Å². The molecule has 0 amide bonds. The molecule has 0 aromatic heterocycles. The van der Waals surface area contributed by atoms with Crippen molar-refractivity contribution >= 4 is 5.97 Å². The van der Waals surface area contributed by atoms with Crippen molar-refractivity contribution < 1.29 is 14.6 Å². The van der Waals surface area contributed by atoms with E-state index < -0.39 is 5.97 Å². The number of hydrogen-bond donors (Lipinski definition) is 1. The maximum absolute atomic E-state index is 10.6. The number of aliphatic carboxylic acids is 1. The molecule has 1 heterocycles. The second kappa shape index (κ2) is 2.48. The Labute approximate surface area is 66.4 Å².